The minimum absolute atomic E-state index is 0.222. The second kappa shape index (κ2) is 3.09. The predicted octanol–water partition coefficient (Wildman–Crippen LogP) is -0.0251. The number of carboxylic acid groups (broad SMARTS) is 1. The monoisotopic (exact) mass is 205 g/mol. The number of fused-ring (bicyclic) bond motifs is 1. The summed E-state index contributed by atoms with van der Waals surface area (Å²) < 4.78 is 1.22. The molecule has 0 radical (unpaired) electrons. The second-order valence-electron chi connectivity index (χ2n) is 2.97. The van der Waals surface area contributed by atoms with Crippen LogP contribution in [0.5, 0.6) is 0 Å². The lowest BCUT2D eigenvalue weighted by atomic mass is 10.3. The number of anilines is 1. The van der Waals surface area contributed by atoms with E-state index >= 15 is 0 Å². The summed E-state index contributed by atoms with van der Waals surface area (Å²) in [6, 6.07) is 3.94. The first-order valence-electron chi connectivity index (χ1n) is 4.10. The van der Waals surface area contributed by atoms with Gasteiger partial charge in [0.2, 0.25) is 0 Å². The normalized spacial score (nSPS) is 10.4. The van der Waals surface area contributed by atoms with E-state index in [1.54, 1.807) is 0 Å². The Morgan fingerprint density at radius 3 is 2.87 bits per heavy atom. The van der Waals surface area contributed by atoms with Crippen molar-refractivity contribution in [1.29, 1.82) is 0 Å². The zero-order valence-electron chi connectivity index (χ0n) is 7.54. The van der Waals surface area contributed by atoms with Crippen LogP contribution in [0.1, 0.15) is 10.5 Å². The summed E-state index contributed by atoms with van der Waals surface area (Å²) in [5, 5.41) is 8.70. The Kier molecular flexibility index (Phi) is 1.89. The van der Waals surface area contributed by atoms with Crippen molar-refractivity contribution in [3.05, 3.63) is 40.4 Å². The van der Waals surface area contributed by atoms with E-state index in [4.69, 9.17) is 10.8 Å². The molecule has 0 saturated carbocycles. The third-order valence-corrected chi connectivity index (χ3v) is 1.91. The molecule has 15 heavy (non-hydrogen) atoms. The molecule has 6 nitrogen and oxygen atoms in total. The molecule has 3 N–H and O–H groups in total. The molecule has 0 saturated heterocycles. The lowest BCUT2D eigenvalue weighted by Crippen LogP contribution is -2.17. The van der Waals surface area contributed by atoms with Crippen LogP contribution < -0.4 is 11.3 Å². The van der Waals surface area contributed by atoms with Gasteiger partial charge in [0, 0.05) is 24.0 Å². The van der Waals surface area contributed by atoms with E-state index in [9.17, 15) is 9.59 Å². The Labute approximate surface area is 83.6 Å². The van der Waals surface area contributed by atoms with Gasteiger partial charge in [0.25, 0.3) is 5.56 Å². The number of nitrogen functional groups attached to an aromatic ring is 1. The summed E-state index contributed by atoms with van der Waals surface area (Å²) in [5.41, 5.74) is 5.41. The van der Waals surface area contributed by atoms with Crippen LogP contribution in [-0.4, -0.2) is 20.5 Å². The van der Waals surface area contributed by atoms with Crippen LogP contribution in [0.15, 0.2) is 29.2 Å². The van der Waals surface area contributed by atoms with Gasteiger partial charge < -0.3 is 10.8 Å². The van der Waals surface area contributed by atoms with Crippen molar-refractivity contribution in [2.45, 2.75) is 0 Å². The molecule has 2 rings (SSSR count). The van der Waals surface area contributed by atoms with E-state index in [1.165, 1.54) is 22.7 Å². The first-order chi connectivity index (χ1) is 7.08. The van der Waals surface area contributed by atoms with Gasteiger partial charge in [-0.1, -0.05) is 0 Å². The molecule has 0 aliphatic rings. The SMILES string of the molecule is Nc1ccn2c(=O)cc(C(=O)O)nc2c1. The molecule has 2 aromatic rings. The molecule has 2 aromatic heterocycles. The van der Waals surface area contributed by atoms with E-state index in [0.717, 1.165) is 6.07 Å². The van der Waals surface area contributed by atoms with E-state index in [2.05, 4.69) is 4.98 Å². The first-order valence-corrected chi connectivity index (χ1v) is 4.10. The van der Waals surface area contributed by atoms with Crippen molar-refractivity contribution in [1.82, 2.24) is 9.38 Å². The van der Waals surface area contributed by atoms with Gasteiger partial charge >= 0.3 is 5.97 Å². The van der Waals surface area contributed by atoms with Gasteiger partial charge in [-0.25, -0.2) is 9.78 Å². The second-order valence-corrected chi connectivity index (χ2v) is 2.97. The Bertz CT molecular complexity index is 603. The number of hydrogen-bond acceptors (Lipinski definition) is 4. The predicted molar refractivity (Wildman–Crippen MR) is 52.8 cm³/mol. The molecule has 0 atom stereocenters. The number of hydrogen-bond donors (Lipinski definition) is 2. The number of nitrogens with zero attached hydrogens (tertiary/aromatic N) is 2. The summed E-state index contributed by atoms with van der Waals surface area (Å²) in [7, 11) is 0. The Balaban J connectivity index is 2.85. The van der Waals surface area contributed by atoms with Crippen molar-refractivity contribution < 1.29 is 9.90 Å². The van der Waals surface area contributed by atoms with Crippen molar-refractivity contribution >= 4 is 17.3 Å². The summed E-state index contributed by atoms with van der Waals surface area (Å²) in [4.78, 5) is 25.9. The molecule has 0 amide bonds. The molecular formula is C9H7N3O3. The quantitative estimate of drug-likeness (QED) is 0.681. The van der Waals surface area contributed by atoms with Gasteiger partial charge in [-0.3, -0.25) is 9.20 Å². The van der Waals surface area contributed by atoms with Crippen LogP contribution in [-0.2, 0) is 0 Å². The Hall–Kier alpha value is -2.37. The number of aromatic carboxylic acids is 1. The van der Waals surface area contributed by atoms with E-state index < -0.39 is 11.5 Å². The van der Waals surface area contributed by atoms with Gasteiger partial charge in [-0.15, -0.1) is 0 Å². The highest BCUT2D eigenvalue weighted by Gasteiger charge is 2.08. The Morgan fingerprint density at radius 1 is 1.47 bits per heavy atom. The van der Waals surface area contributed by atoms with Crippen LogP contribution >= 0.6 is 0 Å². The van der Waals surface area contributed by atoms with E-state index in [1.807, 2.05) is 0 Å². The highest BCUT2D eigenvalue weighted by atomic mass is 16.4. The maximum absolute atomic E-state index is 11.4. The van der Waals surface area contributed by atoms with Crippen LogP contribution in [0.25, 0.3) is 5.65 Å². The third-order valence-electron chi connectivity index (χ3n) is 1.91. The standard InChI is InChI=1S/C9H7N3O3/c10-5-1-2-12-7(3-5)11-6(9(14)15)4-8(12)13/h1-4H,10H2,(H,14,15). The van der Waals surface area contributed by atoms with Gasteiger partial charge in [0.15, 0.2) is 5.69 Å². The zero-order chi connectivity index (χ0) is 11.0. The number of carbonyl (C=O) groups is 1. The van der Waals surface area contributed by atoms with Gasteiger partial charge in [0.05, 0.1) is 0 Å². The smallest absolute Gasteiger partial charge is 0.354 e. The fourth-order valence-corrected chi connectivity index (χ4v) is 1.23. The molecule has 0 aliphatic heterocycles. The summed E-state index contributed by atoms with van der Waals surface area (Å²) in [5.74, 6) is -1.24. The molecular weight excluding hydrogens is 198 g/mol. The fraction of sp³-hybridized carbons (Fsp3) is 0. The molecule has 0 aromatic carbocycles. The van der Waals surface area contributed by atoms with Crippen molar-refractivity contribution in [2.24, 2.45) is 0 Å². The molecule has 0 aliphatic carbocycles. The molecule has 0 fully saturated rings. The maximum Gasteiger partial charge on any atom is 0.354 e. The highest BCUT2D eigenvalue weighted by Crippen LogP contribution is 2.05. The summed E-state index contributed by atoms with van der Waals surface area (Å²) >= 11 is 0. The first kappa shape index (κ1) is 9.20. The largest absolute Gasteiger partial charge is 0.477 e. The number of carboxylic acids is 1. The van der Waals surface area contributed by atoms with E-state index in [0.29, 0.717) is 5.69 Å². The maximum atomic E-state index is 11.4. The number of aromatic nitrogens is 2. The van der Waals surface area contributed by atoms with Crippen molar-refractivity contribution in [2.75, 3.05) is 5.73 Å². The average molecular weight is 205 g/mol. The molecule has 0 bridgehead atoms. The van der Waals surface area contributed by atoms with E-state index in [-0.39, 0.29) is 11.3 Å². The number of rotatable bonds is 1. The summed E-state index contributed by atoms with van der Waals surface area (Å²) in [6.45, 7) is 0. The average Bonchev–Trinajstić information content (AvgIpc) is 2.16. The topological polar surface area (TPSA) is 97.7 Å². The van der Waals surface area contributed by atoms with Crippen LogP contribution in [0.4, 0.5) is 5.69 Å². The molecule has 0 spiro atoms. The lowest BCUT2D eigenvalue weighted by Gasteiger charge is -2.01. The molecule has 0 unspecified atom stereocenters. The molecule has 76 valence electrons. The minimum atomic E-state index is -1.24. The van der Waals surface area contributed by atoms with Gasteiger partial charge in [-0.2, -0.15) is 0 Å². The minimum Gasteiger partial charge on any atom is -0.477 e. The lowest BCUT2D eigenvalue weighted by molar-refractivity contribution is 0.0690. The van der Waals surface area contributed by atoms with Crippen LogP contribution in [0.2, 0.25) is 0 Å². The van der Waals surface area contributed by atoms with Crippen molar-refractivity contribution in [3.8, 4) is 0 Å². The number of pyridine rings is 1. The molecule has 2 heterocycles. The highest BCUT2D eigenvalue weighted by molar-refractivity contribution is 5.85. The Morgan fingerprint density at radius 2 is 2.20 bits per heavy atom. The molecule has 6 heteroatoms. The van der Waals surface area contributed by atoms with Crippen LogP contribution in [0, 0.1) is 0 Å². The van der Waals surface area contributed by atoms with Gasteiger partial charge in [-0.05, 0) is 6.07 Å². The summed E-state index contributed by atoms with van der Waals surface area (Å²) in [6.07, 6.45) is 1.45. The van der Waals surface area contributed by atoms with Crippen molar-refractivity contribution in [3.63, 3.8) is 0 Å². The third kappa shape index (κ3) is 1.52. The van der Waals surface area contributed by atoms with Crippen LogP contribution in [0.3, 0.4) is 0 Å². The van der Waals surface area contributed by atoms with Gasteiger partial charge in [0.1, 0.15) is 5.65 Å². The zero-order valence-corrected chi connectivity index (χ0v) is 7.54. The number of nitrogens with two attached hydrogens (primary N) is 1. The fourth-order valence-electron chi connectivity index (χ4n) is 1.23.